The molecule has 1 rings (SSSR count). The van der Waals surface area contributed by atoms with Crippen LogP contribution < -0.4 is 0 Å². The van der Waals surface area contributed by atoms with Crippen molar-refractivity contribution in [2.24, 2.45) is 0 Å². The van der Waals surface area contributed by atoms with Crippen molar-refractivity contribution >= 4 is 18.6 Å². The first-order valence-corrected chi connectivity index (χ1v) is 4.96. The molecule has 0 fully saturated rings. The molecule has 0 aliphatic heterocycles. The summed E-state index contributed by atoms with van der Waals surface area (Å²) < 4.78 is 5.08. The smallest absolute Gasteiger partial charge is 0.339 e. The normalized spacial score (nSPS) is 10.4. The molecule has 0 bridgehead atoms. The van der Waals surface area contributed by atoms with Gasteiger partial charge in [0, 0.05) is 4.90 Å². The number of rotatable bonds is 2. The number of aryl methyl sites for hydroxylation is 1. The third-order valence-electron chi connectivity index (χ3n) is 1.80. The van der Waals surface area contributed by atoms with Gasteiger partial charge in [0.25, 0.3) is 0 Å². The number of esters is 1. The van der Waals surface area contributed by atoms with E-state index >= 15 is 0 Å². The van der Waals surface area contributed by atoms with Gasteiger partial charge in [-0.3, -0.25) is 0 Å². The van der Waals surface area contributed by atoms with E-state index < -0.39 is 0 Å². The van der Waals surface area contributed by atoms with E-state index in [0.29, 0.717) is 10.5 Å². The molecule has 14 heavy (non-hydrogen) atoms. The zero-order valence-corrected chi connectivity index (χ0v) is 9.47. The molecule has 0 N–H and O–H groups in total. The van der Waals surface area contributed by atoms with E-state index in [2.05, 4.69) is 12.6 Å². The second-order valence-electron chi connectivity index (χ2n) is 3.43. The summed E-state index contributed by atoms with van der Waals surface area (Å²) in [6, 6.07) is 5.46. The molecule has 1 aromatic rings. The number of carbonyl (C=O) groups excluding carboxylic acids is 1. The molecule has 76 valence electrons. The van der Waals surface area contributed by atoms with Crippen LogP contribution in [0.15, 0.2) is 23.1 Å². The van der Waals surface area contributed by atoms with Crippen LogP contribution in [0.1, 0.15) is 29.8 Å². The number of hydrogen-bond donors (Lipinski definition) is 1. The van der Waals surface area contributed by atoms with Crippen LogP contribution >= 0.6 is 12.6 Å². The molecule has 0 heterocycles. The van der Waals surface area contributed by atoms with E-state index in [9.17, 15) is 4.79 Å². The largest absolute Gasteiger partial charge is 0.459 e. The van der Waals surface area contributed by atoms with Gasteiger partial charge in [0.05, 0.1) is 11.7 Å². The topological polar surface area (TPSA) is 26.3 Å². The first-order valence-electron chi connectivity index (χ1n) is 4.52. The Morgan fingerprint density at radius 3 is 2.64 bits per heavy atom. The van der Waals surface area contributed by atoms with Crippen molar-refractivity contribution in [2.45, 2.75) is 31.8 Å². The molecule has 0 aromatic heterocycles. The van der Waals surface area contributed by atoms with Gasteiger partial charge in [0.2, 0.25) is 0 Å². The zero-order valence-electron chi connectivity index (χ0n) is 8.57. The van der Waals surface area contributed by atoms with Crippen molar-refractivity contribution in [3.63, 3.8) is 0 Å². The van der Waals surface area contributed by atoms with E-state index in [1.165, 1.54) is 0 Å². The Labute approximate surface area is 89.7 Å². The third-order valence-corrected chi connectivity index (χ3v) is 2.39. The molecule has 0 spiro atoms. The Kier molecular flexibility index (Phi) is 3.58. The van der Waals surface area contributed by atoms with Gasteiger partial charge in [-0.1, -0.05) is 12.1 Å². The lowest BCUT2D eigenvalue weighted by atomic mass is 10.1. The number of hydrogen-bond acceptors (Lipinski definition) is 3. The van der Waals surface area contributed by atoms with E-state index in [-0.39, 0.29) is 12.1 Å². The number of thiol groups is 1. The van der Waals surface area contributed by atoms with Gasteiger partial charge in [-0.2, -0.15) is 0 Å². The predicted octanol–water partition coefficient (Wildman–Crippen LogP) is 2.85. The molecule has 0 atom stereocenters. The van der Waals surface area contributed by atoms with Crippen LogP contribution in [-0.4, -0.2) is 12.1 Å². The van der Waals surface area contributed by atoms with Crippen LogP contribution in [0.4, 0.5) is 0 Å². The lowest BCUT2D eigenvalue weighted by Gasteiger charge is -2.10. The lowest BCUT2D eigenvalue weighted by Crippen LogP contribution is -2.12. The molecule has 0 saturated heterocycles. The minimum atomic E-state index is -0.311. The SMILES string of the molecule is Cc1cccc(C(=O)OC(C)C)c1S. The van der Waals surface area contributed by atoms with Crippen LogP contribution in [0.25, 0.3) is 0 Å². The second-order valence-corrected chi connectivity index (χ2v) is 3.87. The highest BCUT2D eigenvalue weighted by Crippen LogP contribution is 2.19. The monoisotopic (exact) mass is 210 g/mol. The maximum absolute atomic E-state index is 11.6. The Morgan fingerprint density at radius 2 is 2.07 bits per heavy atom. The van der Waals surface area contributed by atoms with Gasteiger partial charge >= 0.3 is 5.97 Å². The number of benzene rings is 1. The van der Waals surface area contributed by atoms with E-state index in [0.717, 1.165) is 5.56 Å². The van der Waals surface area contributed by atoms with E-state index in [1.54, 1.807) is 6.07 Å². The summed E-state index contributed by atoms with van der Waals surface area (Å²) in [5.74, 6) is -0.311. The number of carbonyl (C=O) groups is 1. The molecular weight excluding hydrogens is 196 g/mol. The second kappa shape index (κ2) is 4.51. The number of ether oxygens (including phenoxy) is 1. The van der Waals surface area contributed by atoms with Crippen molar-refractivity contribution in [3.8, 4) is 0 Å². The van der Waals surface area contributed by atoms with Gasteiger partial charge in [0.15, 0.2) is 0 Å². The molecule has 0 radical (unpaired) electrons. The van der Waals surface area contributed by atoms with Crippen molar-refractivity contribution < 1.29 is 9.53 Å². The summed E-state index contributed by atoms with van der Waals surface area (Å²) in [6.07, 6.45) is -0.101. The fraction of sp³-hybridized carbons (Fsp3) is 0.364. The minimum absolute atomic E-state index is 0.101. The third kappa shape index (κ3) is 2.51. The molecule has 0 aliphatic rings. The highest BCUT2D eigenvalue weighted by atomic mass is 32.1. The van der Waals surface area contributed by atoms with E-state index in [4.69, 9.17) is 4.74 Å². The zero-order chi connectivity index (χ0) is 10.7. The van der Waals surface area contributed by atoms with Crippen LogP contribution in [0.2, 0.25) is 0 Å². The first-order chi connectivity index (χ1) is 6.52. The van der Waals surface area contributed by atoms with Gasteiger partial charge in [-0.25, -0.2) is 4.79 Å². The summed E-state index contributed by atoms with van der Waals surface area (Å²) >= 11 is 4.27. The molecule has 1 aromatic carbocycles. The molecule has 0 unspecified atom stereocenters. The van der Waals surface area contributed by atoms with E-state index in [1.807, 2.05) is 32.9 Å². The summed E-state index contributed by atoms with van der Waals surface area (Å²) in [5, 5.41) is 0. The van der Waals surface area contributed by atoms with Crippen molar-refractivity contribution in [3.05, 3.63) is 29.3 Å². The first kappa shape index (κ1) is 11.1. The summed E-state index contributed by atoms with van der Waals surface area (Å²) in [5.41, 5.74) is 1.51. The van der Waals surface area contributed by atoms with Gasteiger partial charge in [-0.15, -0.1) is 12.6 Å². The average Bonchev–Trinajstić information content (AvgIpc) is 2.08. The Balaban J connectivity index is 2.96. The lowest BCUT2D eigenvalue weighted by molar-refractivity contribution is 0.0373. The summed E-state index contributed by atoms with van der Waals surface area (Å²) in [6.45, 7) is 5.56. The predicted molar refractivity (Wildman–Crippen MR) is 59.0 cm³/mol. The Bertz CT molecular complexity index is 345. The standard InChI is InChI=1S/C11H14O2S/c1-7(2)13-11(12)9-6-4-5-8(3)10(9)14/h4-7,14H,1-3H3. The molecular formula is C11H14O2S. The van der Waals surface area contributed by atoms with Gasteiger partial charge < -0.3 is 4.74 Å². The molecule has 0 saturated carbocycles. The molecule has 3 heteroatoms. The average molecular weight is 210 g/mol. The van der Waals surface area contributed by atoms with Gasteiger partial charge in [-0.05, 0) is 32.4 Å². The van der Waals surface area contributed by atoms with Crippen molar-refractivity contribution in [2.75, 3.05) is 0 Å². The highest BCUT2D eigenvalue weighted by molar-refractivity contribution is 7.80. The molecule has 0 amide bonds. The maximum Gasteiger partial charge on any atom is 0.339 e. The fourth-order valence-corrected chi connectivity index (χ4v) is 1.34. The van der Waals surface area contributed by atoms with Crippen LogP contribution in [0.5, 0.6) is 0 Å². The fourth-order valence-electron chi connectivity index (χ4n) is 1.10. The summed E-state index contributed by atoms with van der Waals surface area (Å²) in [7, 11) is 0. The van der Waals surface area contributed by atoms with Crippen LogP contribution in [0, 0.1) is 6.92 Å². The molecule has 0 aliphatic carbocycles. The Hall–Kier alpha value is -0.960. The maximum atomic E-state index is 11.6. The summed E-state index contributed by atoms with van der Waals surface area (Å²) in [4.78, 5) is 12.2. The van der Waals surface area contributed by atoms with Crippen LogP contribution in [-0.2, 0) is 4.74 Å². The molecule has 2 nitrogen and oxygen atoms in total. The minimum Gasteiger partial charge on any atom is -0.459 e. The van der Waals surface area contributed by atoms with Crippen LogP contribution in [0.3, 0.4) is 0 Å². The van der Waals surface area contributed by atoms with Crippen molar-refractivity contribution in [1.29, 1.82) is 0 Å². The Morgan fingerprint density at radius 1 is 1.43 bits per heavy atom. The van der Waals surface area contributed by atoms with Crippen molar-refractivity contribution in [1.82, 2.24) is 0 Å². The van der Waals surface area contributed by atoms with Gasteiger partial charge in [0.1, 0.15) is 0 Å². The highest BCUT2D eigenvalue weighted by Gasteiger charge is 2.12. The quantitative estimate of drug-likeness (QED) is 0.600.